The van der Waals surface area contributed by atoms with Crippen LogP contribution in [0.4, 0.5) is 5.69 Å². The van der Waals surface area contributed by atoms with E-state index in [1.54, 1.807) is 11.3 Å². The summed E-state index contributed by atoms with van der Waals surface area (Å²) in [7, 11) is 0. The van der Waals surface area contributed by atoms with Gasteiger partial charge in [0.1, 0.15) is 5.01 Å². The minimum Gasteiger partial charge on any atom is -0.399 e. The van der Waals surface area contributed by atoms with Crippen molar-refractivity contribution in [2.24, 2.45) is 0 Å². The van der Waals surface area contributed by atoms with E-state index >= 15 is 0 Å². The third-order valence-electron chi connectivity index (χ3n) is 3.27. The second-order valence-electron chi connectivity index (χ2n) is 4.64. The number of thiazole rings is 1. The predicted molar refractivity (Wildman–Crippen MR) is 84.0 cm³/mol. The molecule has 0 aliphatic rings. The number of benzene rings is 2. The molecule has 3 aromatic rings. The van der Waals surface area contributed by atoms with Gasteiger partial charge in [0.15, 0.2) is 0 Å². The molecule has 0 aliphatic carbocycles. The van der Waals surface area contributed by atoms with E-state index in [1.165, 1.54) is 11.1 Å². The van der Waals surface area contributed by atoms with Crippen molar-refractivity contribution in [2.75, 3.05) is 5.73 Å². The van der Waals surface area contributed by atoms with Gasteiger partial charge in [0.25, 0.3) is 0 Å². The zero-order chi connectivity index (χ0) is 13.6. The minimum atomic E-state index is 0.739. The first-order valence-electron chi connectivity index (χ1n) is 5.98. The fourth-order valence-corrected chi connectivity index (χ4v) is 3.44. The SMILES string of the molecule is Cc1cc(N)cc(-c2nc3ccc(Cl)cc3s2)c1C. The number of nitrogens with zero attached hydrogens (tertiary/aromatic N) is 1. The highest BCUT2D eigenvalue weighted by Crippen LogP contribution is 2.35. The van der Waals surface area contributed by atoms with Crippen LogP contribution in [0.1, 0.15) is 11.1 Å². The van der Waals surface area contributed by atoms with Gasteiger partial charge in [-0.3, -0.25) is 0 Å². The molecule has 1 aromatic heterocycles. The number of fused-ring (bicyclic) bond motifs is 1. The average Bonchev–Trinajstić information content (AvgIpc) is 2.76. The van der Waals surface area contributed by atoms with Crippen molar-refractivity contribution in [1.29, 1.82) is 0 Å². The molecule has 3 rings (SSSR count). The Morgan fingerprint density at radius 1 is 1.16 bits per heavy atom. The topological polar surface area (TPSA) is 38.9 Å². The maximum absolute atomic E-state index is 6.01. The van der Waals surface area contributed by atoms with Crippen molar-refractivity contribution < 1.29 is 0 Å². The maximum atomic E-state index is 6.01. The van der Waals surface area contributed by atoms with Crippen molar-refractivity contribution in [3.63, 3.8) is 0 Å². The molecule has 0 unspecified atom stereocenters. The largest absolute Gasteiger partial charge is 0.399 e. The van der Waals surface area contributed by atoms with E-state index in [1.807, 2.05) is 30.3 Å². The number of anilines is 1. The van der Waals surface area contributed by atoms with Crippen LogP contribution in [0.3, 0.4) is 0 Å². The Hall–Kier alpha value is -1.58. The highest BCUT2D eigenvalue weighted by Gasteiger charge is 2.11. The number of halogens is 1. The lowest BCUT2D eigenvalue weighted by Crippen LogP contribution is -1.92. The van der Waals surface area contributed by atoms with Crippen LogP contribution >= 0.6 is 22.9 Å². The summed E-state index contributed by atoms with van der Waals surface area (Å²) in [6, 6.07) is 9.74. The Kier molecular flexibility index (Phi) is 2.96. The van der Waals surface area contributed by atoms with Crippen LogP contribution in [0, 0.1) is 13.8 Å². The lowest BCUT2D eigenvalue weighted by atomic mass is 10.0. The molecule has 0 aliphatic heterocycles. The highest BCUT2D eigenvalue weighted by molar-refractivity contribution is 7.21. The van der Waals surface area contributed by atoms with Crippen LogP contribution in [0.2, 0.25) is 5.02 Å². The van der Waals surface area contributed by atoms with E-state index in [2.05, 4.69) is 18.8 Å². The Labute approximate surface area is 120 Å². The van der Waals surface area contributed by atoms with E-state index in [-0.39, 0.29) is 0 Å². The van der Waals surface area contributed by atoms with E-state index in [0.717, 1.165) is 31.5 Å². The molecule has 0 fully saturated rings. The van der Waals surface area contributed by atoms with E-state index in [9.17, 15) is 0 Å². The second-order valence-corrected chi connectivity index (χ2v) is 6.11. The van der Waals surface area contributed by atoms with Gasteiger partial charge in [0, 0.05) is 16.3 Å². The van der Waals surface area contributed by atoms with Crippen LogP contribution in [0.15, 0.2) is 30.3 Å². The molecule has 2 aromatic carbocycles. The van der Waals surface area contributed by atoms with E-state index < -0.39 is 0 Å². The first kappa shape index (κ1) is 12.5. The summed E-state index contributed by atoms with van der Waals surface area (Å²) < 4.78 is 1.10. The molecule has 1 heterocycles. The number of rotatable bonds is 1. The van der Waals surface area contributed by atoms with Gasteiger partial charge in [-0.15, -0.1) is 11.3 Å². The molecule has 2 nitrogen and oxygen atoms in total. The van der Waals surface area contributed by atoms with Gasteiger partial charge in [0.05, 0.1) is 10.2 Å². The van der Waals surface area contributed by atoms with Crippen molar-refractivity contribution >= 4 is 38.8 Å². The predicted octanol–water partition coefficient (Wildman–Crippen LogP) is 4.82. The zero-order valence-electron chi connectivity index (χ0n) is 10.7. The molecular weight excluding hydrogens is 276 g/mol. The smallest absolute Gasteiger partial charge is 0.124 e. The Balaban J connectivity index is 2.24. The lowest BCUT2D eigenvalue weighted by Gasteiger charge is -2.07. The monoisotopic (exact) mass is 288 g/mol. The molecule has 19 heavy (non-hydrogen) atoms. The highest BCUT2D eigenvalue weighted by atomic mass is 35.5. The number of hydrogen-bond donors (Lipinski definition) is 1. The zero-order valence-corrected chi connectivity index (χ0v) is 12.3. The molecule has 0 atom stereocenters. The number of hydrogen-bond acceptors (Lipinski definition) is 3. The fourth-order valence-electron chi connectivity index (χ4n) is 2.12. The lowest BCUT2D eigenvalue weighted by molar-refractivity contribution is 1.33. The van der Waals surface area contributed by atoms with Gasteiger partial charge in [0.2, 0.25) is 0 Å². The summed E-state index contributed by atoms with van der Waals surface area (Å²) in [4.78, 5) is 4.67. The van der Waals surface area contributed by atoms with Crippen LogP contribution in [0.25, 0.3) is 20.8 Å². The third-order valence-corrected chi connectivity index (χ3v) is 4.56. The molecule has 0 saturated heterocycles. The quantitative estimate of drug-likeness (QED) is 0.652. The number of aromatic nitrogens is 1. The van der Waals surface area contributed by atoms with Gasteiger partial charge in [-0.05, 0) is 55.3 Å². The molecule has 2 N–H and O–H groups in total. The van der Waals surface area contributed by atoms with Crippen molar-refractivity contribution in [1.82, 2.24) is 4.98 Å². The molecule has 96 valence electrons. The van der Waals surface area contributed by atoms with Gasteiger partial charge >= 0.3 is 0 Å². The summed E-state index contributed by atoms with van der Waals surface area (Å²) in [5.41, 5.74) is 11.2. The van der Waals surface area contributed by atoms with E-state index in [0.29, 0.717) is 0 Å². The van der Waals surface area contributed by atoms with Crippen LogP contribution in [-0.4, -0.2) is 4.98 Å². The van der Waals surface area contributed by atoms with Gasteiger partial charge in [-0.2, -0.15) is 0 Å². The third kappa shape index (κ3) is 2.20. The van der Waals surface area contributed by atoms with Crippen molar-refractivity contribution in [2.45, 2.75) is 13.8 Å². The second kappa shape index (κ2) is 4.51. The molecule has 0 spiro atoms. The summed E-state index contributed by atoms with van der Waals surface area (Å²) in [6.45, 7) is 4.17. The van der Waals surface area contributed by atoms with Crippen molar-refractivity contribution in [3.05, 3.63) is 46.5 Å². The standard InChI is InChI=1S/C15H13ClN2S/c1-8-5-11(17)7-12(9(8)2)15-18-13-4-3-10(16)6-14(13)19-15/h3-7H,17H2,1-2H3. The fraction of sp³-hybridized carbons (Fsp3) is 0.133. The van der Waals surface area contributed by atoms with Gasteiger partial charge < -0.3 is 5.73 Å². The number of nitrogen functional groups attached to an aromatic ring is 1. The van der Waals surface area contributed by atoms with Gasteiger partial charge in [-0.25, -0.2) is 4.98 Å². The molecule has 0 bridgehead atoms. The number of nitrogens with two attached hydrogens (primary N) is 1. The summed E-state index contributed by atoms with van der Waals surface area (Å²) in [5, 5.41) is 1.73. The van der Waals surface area contributed by atoms with Crippen LogP contribution in [-0.2, 0) is 0 Å². The summed E-state index contributed by atoms with van der Waals surface area (Å²) in [6.07, 6.45) is 0. The summed E-state index contributed by atoms with van der Waals surface area (Å²) >= 11 is 7.66. The van der Waals surface area contributed by atoms with Crippen molar-refractivity contribution in [3.8, 4) is 10.6 Å². The Morgan fingerprint density at radius 2 is 1.95 bits per heavy atom. The molecule has 4 heteroatoms. The average molecular weight is 289 g/mol. The normalized spacial score (nSPS) is 11.1. The Morgan fingerprint density at radius 3 is 2.74 bits per heavy atom. The number of aryl methyl sites for hydroxylation is 1. The molecule has 0 amide bonds. The minimum absolute atomic E-state index is 0.739. The Bertz CT molecular complexity index is 777. The van der Waals surface area contributed by atoms with Gasteiger partial charge in [-0.1, -0.05) is 11.6 Å². The maximum Gasteiger partial charge on any atom is 0.124 e. The van der Waals surface area contributed by atoms with E-state index in [4.69, 9.17) is 17.3 Å². The summed E-state index contributed by atoms with van der Waals surface area (Å²) in [5.74, 6) is 0. The first-order chi connectivity index (χ1) is 9.04. The molecule has 0 saturated carbocycles. The molecular formula is C15H13ClN2S. The van der Waals surface area contributed by atoms with Crippen LogP contribution < -0.4 is 5.73 Å². The van der Waals surface area contributed by atoms with Crippen LogP contribution in [0.5, 0.6) is 0 Å². The first-order valence-corrected chi connectivity index (χ1v) is 7.17. The molecule has 0 radical (unpaired) electrons.